The van der Waals surface area contributed by atoms with Crippen LogP contribution in [0.5, 0.6) is 0 Å². The van der Waals surface area contributed by atoms with Crippen molar-refractivity contribution < 1.29 is 36.3 Å². The van der Waals surface area contributed by atoms with Crippen LogP contribution >= 0.6 is 0 Å². The zero-order chi connectivity index (χ0) is 27.0. The van der Waals surface area contributed by atoms with Gasteiger partial charge in [-0.1, -0.05) is 36.4 Å². The van der Waals surface area contributed by atoms with Gasteiger partial charge in [-0.05, 0) is 65.8 Å². The van der Waals surface area contributed by atoms with E-state index in [2.05, 4.69) is 0 Å². The number of aromatic carboxylic acids is 1. The molecule has 0 unspecified atom stereocenters. The molecule has 37 heavy (non-hydrogen) atoms. The number of carbonyl (C=O) groups excluding carboxylic acids is 1. The lowest BCUT2D eigenvalue weighted by Crippen LogP contribution is -2.38. The molecule has 1 fully saturated rings. The normalized spacial score (nSPS) is 15.0. The molecule has 0 bridgehead atoms. The van der Waals surface area contributed by atoms with Crippen LogP contribution in [0, 0.1) is 0 Å². The topological polar surface area (TPSA) is 91.8 Å². The van der Waals surface area contributed by atoms with Gasteiger partial charge in [0, 0.05) is 19.3 Å². The highest BCUT2D eigenvalue weighted by Gasteiger charge is 2.36. The molecular weight excluding hydrogens is 507 g/mol. The first-order valence-electron chi connectivity index (χ1n) is 11.5. The third-order valence-electron chi connectivity index (χ3n) is 6.58. The van der Waals surface area contributed by atoms with Crippen molar-refractivity contribution in [1.82, 2.24) is 4.90 Å². The van der Waals surface area contributed by atoms with Gasteiger partial charge in [0.1, 0.15) is 0 Å². The highest BCUT2D eigenvalue weighted by molar-refractivity contribution is 7.90. The van der Waals surface area contributed by atoms with Gasteiger partial charge in [-0.2, -0.15) is 13.2 Å². The third-order valence-corrected chi connectivity index (χ3v) is 7.71. The fourth-order valence-corrected chi connectivity index (χ4v) is 5.29. The first kappa shape index (κ1) is 26.4. The fourth-order valence-electron chi connectivity index (χ4n) is 4.66. The molecule has 3 aromatic carbocycles. The number of piperidine rings is 1. The Morgan fingerprint density at radius 1 is 0.892 bits per heavy atom. The molecule has 1 saturated heterocycles. The van der Waals surface area contributed by atoms with E-state index in [0.29, 0.717) is 24.0 Å². The fraction of sp³-hybridized carbons (Fsp3) is 0.259. The van der Waals surface area contributed by atoms with Crippen molar-refractivity contribution in [2.24, 2.45) is 0 Å². The Morgan fingerprint density at radius 2 is 1.49 bits per heavy atom. The summed E-state index contributed by atoms with van der Waals surface area (Å²) in [4.78, 5) is 26.8. The van der Waals surface area contributed by atoms with Crippen molar-refractivity contribution in [3.8, 4) is 11.1 Å². The molecule has 0 spiro atoms. The molecule has 0 saturated carbocycles. The summed E-state index contributed by atoms with van der Waals surface area (Å²) in [7, 11) is -3.39. The van der Waals surface area contributed by atoms with Gasteiger partial charge in [-0.25, -0.2) is 13.2 Å². The molecule has 0 radical (unpaired) electrons. The van der Waals surface area contributed by atoms with Crippen molar-refractivity contribution in [3.05, 3.63) is 89.0 Å². The zero-order valence-corrected chi connectivity index (χ0v) is 20.6. The summed E-state index contributed by atoms with van der Waals surface area (Å²) in [5.41, 5.74) is 0.388. The minimum atomic E-state index is -4.47. The lowest BCUT2D eigenvalue weighted by molar-refractivity contribution is -0.138. The number of hydrogen-bond donors (Lipinski definition) is 1. The number of carboxylic acid groups (broad SMARTS) is 1. The molecule has 0 aliphatic carbocycles. The van der Waals surface area contributed by atoms with E-state index in [-0.39, 0.29) is 40.6 Å². The standard InChI is InChI=1S/C27H24F3NO5S/c1-37(35,36)20-9-6-17(7-10-20)19-8-11-22(23(16-19)26(33)34)25(32)31-14-12-18(13-15-31)21-4-2-3-5-24(21)27(28,29)30/h2-11,16,18H,12-15H2,1H3,(H,33,34). The van der Waals surface area contributed by atoms with Gasteiger partial charge < -0.3 is 10.0 Å². The Bertz CT molecular complexity index is 1440. The highest BCUT2D eigenvalue weighted by Crippen LogP contribution is 2.39. The average Bonchev–Trinajstić information content (AvgIpc) is 2.87. The molecule has 194 valence electrons. The number of sulfone groups is 1. The van der Waals surface area contributed by atoms with Crippen LogP contribution in [0.15, 0.2) is 71.6 Å². The second-order valence-electron chi connectivity index (χ2n) is 9.01. The molecule has 1 aliphatic rings. The maximum Gasteiger partial charge on any atom is 0.416 e. The molecular formula is C27H24F3NO5S. The Morgan fingerprint density at radius 3 is 2.05 bits per heavy atom. The molecule has 1 N–H and O–H groups in total. The first-order valence-corrected chi connectivity index (χ1v) is 13.4. The third kappa shape index (κ3) is 5.69. The van der Waals surface area contributed by atoms with E-state index >= 15 is 0 Å². The van der Waals surface area contributed by atoms with Crippen LogP contribution in [0.4, 0.5) is 13.2 Å². The summed E-state index contributed by atoms with van der Waals surface area (Å²) in [5.74, 6) is -2.16. The SMILES string of the molecule is CS(=O)(=O)c1ccc(-c2ccc(C(=O)N3CCC(c4ccccc4C(F)(F)F)CC3)c(C(=O)O)c2)cc1. The minimum absolute atomic E-state index is 0.0156. The van der Waals surface area contributed by atoms with Crippen molar-refractivity contribution in [3.63, 3.8) is 0 Å². The number of alkyl halides is 3. The van der Waals surface area contributed by atoms with Crippen LogP contribution < -0.4 is 0 Å². The predicted octanol–water partition coefficient (Wildman–Crippen LogP) is 5.49. The van der Waals surface area contributed by atoms with Gasteiger partial charge >= 0.3 is 12.1 Å². The molecule has 1 aliphatic heterocycles. The van der Waals surface area contributed by atoms with Gasteiger partial charge in [0.15, 0.2) is 9.84 Å². The molecule has 6 nitrogen and oxygen atoms in total. The number of hydrogen-bond acceptors (Lipinski definition) is 4. The summed E-state index contributed by atoms with van der Waals surface area (Å²) in [5, 5.41) is 9.78. The maximum absolute atomic E-state index is 13.4. The Kier molecular flexibility index (Phi) is 7.14. The Hall–Kier alpha value is -3.66. The quantitative estimate of drug-likeness (QED) is 0.470. The van der Waals surface area contributed by atoms with E-state index < -0.39 is 33.5 Å². The number of likely N-dealkylation sites (tertiary alicyclic amines) is 1. The number of carbonyl (C=O) groups is 2. The smallest absolute Gasteiger partial charge is 0.416 e. The number of nitrogens with zero attached hydrogens (tertiary/aromatic N) is 1. The van der Waals surface area contributed by atoms with Crippen molar-refractivity contribution >= 4 is 21.7 Å². The molecule has 0 aromatic heterocycles. The van der Waals surface area contributed by atoms with Crippen LogP contribution in [-0.2, 0) is 16.0 Å². The lowest BCUT2D eigenvalue weighted by Gasteiger charge is -2.33. The largest absolute Gasteiger partial charge is 0.478 e. The number of carboxylic acids is 1. The summed E-state index contributed by atoms with van der Waals surface area (Å²) in [6.07, 6.45) is -2.73. The molecule has 4 rings (SSSR count). The van der Waals surface area contributed by atoms with Crippen LogP contribution in [0.3, 0.4) is 0 Å². The summed E-state index contributed by atoms with van der Waals surface area (Å²) in [6, 6.07) is 15.8. The molecule has 1 amide bonds. The van der Waals surface area contributed by atoms with Crippen molar-refractivity contribution in [2.75, 3.05) is 19.3 Å². The summed E-state index contributed by atoms with van der Waals surface area (Å²) in [6.45, 7) is 0.396. The zero-order valence-electron chi connectivity index (χ0n) is 19.8. The summed E-state index contributed by atoms with van der Waals surface area (Å²) >= 11 is 0. The molecule has 0 atom stereocenters. The lowest BCUT2D eigenvalue weighted by atomic mass is 9.86. The van der Waals surface area contributed by atoms with E-state index in [1.54, 1.807) is 24.3 Å². The van der Waals surface area contributed by atoms with E-state index in [1.807, 2.05) is 0 Å². The van der Waals surface area contributed by atoms with E-state index in [4.69, 9.17) is 0 Å². The van der Waals surface area contributed by atoms with Crippen molar-refractivity contribution in [2.45, 2.75) is 29.8 Å². The first-order chi connectivity index (χ1) is 17.4. The Labute approximate surface area is 212 Å². The van der Waals surface area contributed by atoms with E-state index in [9.17, 15) is 36.3 Å². The van der Waals surface area contributed by atoms with Crippen LogP contribution in [0.2, 0.25) is 0 Å². The van der Waals surface area contributed by atoms with Gasteiger partial charge in [-0.3, -0.25) is 4.79 Å². The number of halogens is 3. The Balaban J connectivity index is 1.54. The number of amides is 1. The van der Waals surface area contributed by atoms with E-state index in [1.165, 1.54) is 41.3 Å². The second-order valence-corrected chi connectivity index (χ2v) is 11.0. The second kappa shape index (κ2) is 10.0. The number of rotatable bonds is 5. The van der Waals surface area contributed by atoms with Gasteiger partial charge in [0.05, 0.1) is 21.6 Å². The molecule has 3 aromatic rings. The highest BCUT2D eigenvalue weighted by atomic mass is 32.2. The van der Waals surface area contributed by atoms with Crippen molar-refractivity contribution in [1.29, 1.82) is 0 Å². The van der Waals surface area contributed by atoms with Gasteiger partial charge in [0.25, 0.3) is 5.91 Å². The van der Waals surface area contributed by atoms with Gasteiger partial charge in [-0.15, -0.1) is 0 Å². The van der Waals surface area contributed by atoms with Crippen LogP contribution in [-0.4, -0.2) is 49.6 Å². The molecule has 10 heteroatoms. The maximum atomic E-state index is 13.4. The van der Waals surface area contributed by atoms with E-state index in [0.717, 1.165) is 12.3 Å². The summed E-state index contributed by atoms with van der Waals surface area (Å²) < 4.78 is 63.7. The van der Waals surface area contributed by atoms with Gasteiger partial charge in [0.2, 0.25) is 0 Å². The predicted molar refractivity (Wildman–Crippen MR) is 131 cm³/mol. The average molecular weight is 532 g/mol. The number of benzene rings is 3. The van der Waals surface area contributed by atoms with Crippen LogP contribution in [0.25, 0.3) is 11.1 Å². The molecule has 1 heterocycles. The minimum Gasteiger partial charge on any atom is -0.478 e. The monoisotopic (exact) mass is 531 g/mol. The van der Waals surface area contributed by atoms with Crippen LogP contribution in [0.1, 0.15) is 50.6 Å².